The molecule has 2 N–H and O–H groups in total. The summed E-state index contributed by atoms with van der Waals surface area (Å²) in [6, 6.07) is -2.51. The van der Waals surface area contributed by atoms with Crippen molar-refractivity contribution in [1.29, 1.82) is 0 Å². The molecule has 3 rings (SSSR count). The van der Waals surface area contributed by atoms with E-state index in [0.29, 0.717) is 5.06 Å². The van der Waals surface area contributed by atoms with Crippen LogP contribution in [0.25, 0.3) is 0 Å². The molecule has 0 aromatic carbocycles. The Morgan fingerprint density at radius 3 is 2.54 bits per heavy atom. The quantitative estimate of drug-likeness (QED) is 0.363. The molecule has 0 spiro atoms. The number of urea groups is 1. The molecule has 2 atom stereocenters. The van der Waals surface area contributed by atoms with Crippen LogP contribution in [0.1, 0.15) is 33.6 Å². The van der Waals surface area contributed by atoms with E-state index >= 15 is 0 Å². The van der Waals surface area contributed by atoms with Crippen LogP contribution in [-0.4, -0.2) is 94.1 Å². The van der Waals surface area contributed by atoms with E-state index in [4.69, 9.17) is 14.1 Å². The number of hydrogen-bond donors (Lipinski definition) is 2. The second kappa shape index (κ2) is 10.2. The molecule has 3 aliphatic heterocycles. The van der Waals surface area contributed by atoms with Crippen LogP contribution >= 0.6 is 0 Å². The number of fused-ring (bicyclic) bond motifs is 2. The average molecular weight is 518 g/mol. The number of ether oxygens (including phenoxy) is 1. The van der Waals surface area contributed by atoms with Gasteiger partial charge in [0, 0.05) is 31.7 Å². The van der Waals surface area contributed by atoms with Crippen LogP contribution in [-0.2, 0) is 33.8 Å². The van der Waals surface area contributed by atoms with Crippen molar-refractivity contribution in [3.63, 3.8) is 0 Å². The number of amides is 5. The summed E-state index contributed by atoms with van der Waals surface area (Å²) in [4.78, 5) is 58.0. The third-order valence-electron chi connectivity index (χ3n) is 5.07. The number of nitrogens with one attached hydrogen (secondary N) is 1. The van der Waals surface area contributed by atoms with Crippen molar-refractivity contribution in [3.05, 3.63) is 24.7 Å². The Bertz CT molecular complexity index is 1040. The highest BCUT2D eigenvalue weighted by Gasteiger charge is 2.49. The molecule has 2 bridgehead atoms. The van der Waals surface area contributed by atoms with Gasteiger partial charge in [0.05, 0.1) is 6.04 Å². The van der Waals surface area contributed by atoms with Crippen LogP contribution < -0.4 is 5.48 Å². The van der Waals surface area contributed by atoms with E-state index in [9.17, 15) is 27.6 Å². The minimum Gasteiger partial charge on any atom is -0.443 e. The van der Waals surface area contributed by atoms with Crippen molar-refractivity contribution in [2.75, 3.05) is 19.7 Å². The fraction of sp³-hybridized carbons (Fsp3) is 0.579. The summed E-state index contributed by atoms with van der Waals surface area (Å²) in [5.41, 5.74) is 1.44. The van der Waals surface area contributed by atoms with Gasteiger partial charge in [-0.25, -0.2) is 15.1 Å². The van der Waals surface area contributed by atoms with E-state index < -0.39 is 58.6 Å². The van der Waals surface area contributed by atoms with E-state index in [1.165, 1.54) is 28.4 Å². The normalized spacial score (nSPS) is 22.3. The second-order valence-electron chi connectivity index (χ2n) is 8.88. The molecule has 2 fully saturated rings. The molecule has 35 heavy (non-hydrogen) atoms. The molecule has 0 unspecified atom stereocenters. The molecule has 0 radical (unpaired) electrons. The predicted molar refractivity (Wildman–Crippen MR) is 116 cm³/mol. The Balaban J connectivity index is 1.48. The zero-order chi connectivity index (χ0) is 26.0. The van der Waals surface area contributed by atoms with Crippen molar-refractivity contribution < 1.29 is 46.0 Å². The van der Waals surface area contributed by atoms with Gasteiger partial charge in [-0.2, -0.15) is 13.5 Å². The first-order valence-electron chi connectivity index (χ1n) is 10.6. The van der Waals surface area contributed by atoms with Crippen molar-refractivity contribution in [2.45, 2.75) is 51.3 Å². The smallest absolute Gasteiger partial charge is 0.418 e. The summed E-state index contributed by atoms with van der Waals surface area (Å²) in [5.74, 6) is -1.23. The molecule has 0 aromatic rings. The summed E-state index contributed by atoms with van der Waals surface area (Å²) in [7, 11) is -4.90. The largest absolute Gasteiger partial charge is 0.443 e. The number of carbonyl (C=O) groups is 4. The molecule has 15 nitrogen and oxygen atoms in total. The van der Waals surface area contributed by atoms with E-state index in [-0.39, 0.29) is 25.9 Å². The van der Waals surface area contributed by atoms with Crippen LogP contribution in [0, 0.1) is 0 Å². The lowest BCUT2D eigenvalue weighted by molar-refractivity contribution is -0.145. The highest BCUT2D eigenvalue weighted by molar-refractivity contribution is 7.80. The first kappa shape index (κ1) is 26.4. The van der Waals surface area contributed by atoms with Gasteiger partial charge in [-0.05, 0) is 39.7 Å². The molecule has 0 aliphatic carbocycles. The van der Waals surface area contributed by atoms with E-state index in [1.807, 2.05) is 0 Å². The zero-order valence-electron chi connectivity index (χ0n) is 19.3. The van der Waals surface area contributed by atoms with Gasteiger partial charge in [0.2, 0.25) is 0 Å². The molecule has 0 saturated carbocycles. The molecule has 5 amide bonds. The summed E-state index contributed by atoms with van der Waals surface area (Å²) in [6.45, 7) is 4.81. The lowest BCUT2D eigenvalue weighted by atomic mass is 10.0. The number of hydroxylamine groups is 3. The maximum atomic E-state index is 12.5. The second-order valence-corrected chi connectivity index (χ2v) is 9.89. The Morgan fingerprint density at radius 1 is 1.17 bits per heavy atom. The first-order chi connectivity index (χ1) is 16.2. The number of nitrogens with zero attached hydrogens (tertiary/aromatic N) is 4. The number of rotatable bonds is 6. The molecular weight excluding hydrogens is 490 g/mol. The first-order valence-corrected chi connectivity index (χ1v) is 12.0. The fourth-order valence-electron chi connectivity index (χ4n) is 3.58. The fourth-order valence-corrected chi connectivity index (χ4v) is 3.97. The third kappa shape index (κ3) is 6.91. The highest BCUT2D eigenvalue weighted by atomic mass is 32.3. The van der Waals surface area contributed by atoms with Gasteiger partial charge < -0.3 is 14.5 Å². The van der Waals surface area contributed by atoms with Gasteiger partial charge in [0.1, 0.15) is 11.6 Å². The highest BCUT2D eigenvalue weighted by Crippen LogP contribution is 2.30. The summed E-state index contributed by atoms with van der Waals surface area (Å²) < 4.78 is 40.3. The maximum Gasteiger partial charge on any atom is 0.418 e. The maximum absolute atomic E-state index is 12.5. The number of carbonyl (C=O) groups excluding carboxylic acids is 4. The topological polar surface area (TPSA) is 175 Å². The van der Waals surface area contributed by atoms with Gasteiger partial charge in [-0.3, -0.25) is 23.9 Å². The Hall–Kier alpha value is -3.21. The van der Waals surface area contributed by atoms with Gasteiger partial charge in [-0.15, -0.1) is 4.28 Å². The van der Waals surface area contributed by atoms with Crippen molar-refractivity contribution in [1.82, 2.24) is 25.2 Å². The van der Waals surface area contributed by atoms with Crippen LogP contribution in [0.5, 0.6) is 0 Å². The molecule has 0 aromatic heterocycles. The Kier molecular flexibility index (Phi) is 7.68. The van der Waals surface area contributed by atoms with Gasteiger partial charge in [0.25, 0.3) is 11.8 Å². The van der Waals surface area contributed by atoms with Crippen LogP contribution in [0.15, 0.2) is 24.7 Å². The van der Waals surface area contributed by atoms with Gasteiger partial charge >= 0.3 is 22.5 Å². The third-order valence-corrected chi connectivity index (χ3v) is 5.42. The molecule has 3 heterocycles. The molecule has 194 valence electrons. The van der Waals surface area contributed by atoms with E-state index in [0.717, 1.165) is 4.90 Å². The number of piperidine rings is 1. The predicted octanol–water partition coefficient (Wildman–Crippen LogP) is 0.101. The molecule has 2 saturated heterocycles. The van der Waals surface area contributed by atoms with Crippen LogP contribution in [0.3, 0.4) is 0 Å². The van der Waals surface area contributed by atoms with Crippen molar-refractivity contribution in [3.8, 4) is 0 Å². The van der Waals surface area contributed by atoms with Crippen LogP contribution in [0.4, 0.5) is 9.59 Å². The zero-order valence-corrected chi connectivity index (χ0v) is 20.1. The van der Waals surface area contributed by atoms with E-state index in [1.54, 1.807) is 26.8 Å². The van der Waals surface area contributed by atoms with Crippen molar-refractivity contribution >= 4 is 34.3 Å². The minimum atomic E-state index is -4.90. The lowest BCUT2D eigenvalue weighted by Crippen LogP contribution is -2.50. The van der Waals surface area contributed by atoms with Gasteiger partial charge in [-0.1, -0.05) is 0 Å². The van der Waals surface area contributed by atoms with Crippen LogP contribution in [0.2, 0.25) is 0 Å². The summed E-state index contributed by atoms with van der Waals surface area (Å²) >= 11 is 0. The summed E-state index contributed by atoms with van der Waals surface area (Å²) in [6.07, 6.45) is 5.56. The average Bonchev–Trinajstić information content (AvgIpc) is 2.92. The minimum absolute atomic E-state index is 0.0183. The Labute approximate surface area is 201 Å². The molecule has 16 heteroatoms. The lowest BCUT2D eigenvalue weighted by Gasteiger charge is -2.28. The molecular formula is C19H27N5O10S. The van der Waals surface area contributed by atoms with Gasteiger partial charge in [0.15, 0.2) is 6.61 Å². The standard InChI is InChI=1S/C19H27N5O10S/c1-19(2,3)33-18(28)22-8-4-7-21(9-10-22)15(25)12-32-20-16(26)14-6-5-13-11-23(14)17(27)24(13)34-35(29,30)31/h4,8-10,13-14H,5-7,11-12H2,1-3H3,(H,20,26)(H,29,30,31)/t13-,14+/m1/s1. The molecule has 3 aliphatic rings. The SMILES string of the molecule is CC(C)(C)OC(=O)N1C=CCN(C(=O)CONC(=O)[C@@H]2CC[C@@H]3CN2C(=O)N3OS(=O)(=O)O)C=C1. The van der Waals surface area contributed by atoms with E-state index in [2.05, 4.69) is 9.76 Å². The Morgan fingerprint density at radius 2 is 1.89 bits per heavy atom. The monoisotopic (exact) mass is 517 g/mol. The summed E-state index contributed by atoms with van der Waals surface area (Å²) in [5, 5.41) is 0.521. The number of hydrogen-bond acceptors (Lipinski definition) is 9. The van der Waals surface area contributed by atoms with Crippen molar-refractivity contribution in [2.24, 2.45) is 0 Å².